The topological polar surface area (TPSA) is 80.6 Å². The number of pyridine rings is 1. The first kappa shape index (κ1) is 21.0. The number of carbonyl (C=O) groups is 2. The number of nitrogens with one attached hydrogen (secondary N) is 1. The van der Waals surface area contributed by atoms with Gasteiger partial charge in [0.15, 0.2) is 11.4 Å². The van der Waals surface area contributed by atoms with Crippen molar-refractivity contribution in [2.24, 2.45) is 0 Å². The summed E-state index contributed by atoms with van der Waals surface area (Å²) in [6, 6.07) is 2.05. The first-order valence-electron chi connectivity index (χ1n) is 9.51. The Bertz CT molecular complexity index is 1180. The number of fused-ring (bicyclic) bond motifs is 2. The highest BCUT2D eigenvalue weighted by Gasteiger charge is 2.36. The number of methoxy groups -OCH3 is 1. The van der Waals surface area contributed by atoms with E-state index in [1.54, 1.807) is 9.47 Å². The summed E-state index contributed by atoms with van der Waals surface area (Å²) in [7, 11) is 1.25. The quantitative estimate of drug-likeness (QED) is 0.574. The maximum absolute atomic E-state index is 14.1. The van der Waals surface area contributed by atoms with Gasteiger partial charge in [0.25, 0.3) is 11.8 Å². The molecule has 0 aliphatic carbocycles. The number of rotatable bonds is 4. The van der Waals surface area contributed by atoms with E-state index in [0.717, 1.165) is 12.1 Å². The molecule has 162 valence electrons. The number of amides is 2. The van der Waals surface area contributed by atoms with E-state index >= 15 is 0 Å². The average Bonchev–Trinajstić information content (AvgIpc) is 2.77. The molecule has 0 radical (unpaired) electrons. The van der Waals surface area contributed by atoms with Crippen LogP contribution in [0.4, 0.5) is 8.78 Å². The van der Waals surface area contributed by atoms with E-state index in [0.29, 0.717) is 19.5 Å². The zero-order valence-corrected chi connectivity index (χ0v) is 17.2. The Hall–Kier alpha value is -3.20. The highest BCUT2D eigenvalue weighted by molar-refractivity contribution is 6.30. The van der Waals surface area contributed by atoms with E-state index in [-0.39, 0.29) is 41.1 Å². The van der Waals surface area contributed by atoms with Crippen LogP contribution >= 0.6 is 11.6 Å². The van der Waals surface area contributed by atoms with Gasteiger partial charge in [-0.3, -0.25) is 14.4 Å². The van der Waals surface area contributed by atoms with Gasteiger partial charge in [0.2, 0.25) is 5.43 Å². The Labute approximate surface area is 180 Å². The van der Waals surface area contributed by atoms with Crippen LogP contribution in [0.3, 0.4) is 0 Å². The lowest BCUT2D eigenvalue weighted by Crippen LogP contribution is -2.50. The molecule has 2 aromatic rings. The molecule has 1 aromatic carbocycles. The van der Waals surface area contributed by atoms with Crippen LogP contribution in [0, 0.1) is 11.6 Å². The van der Waals surface area contributed by atoms with Crippen molar-refractivity contribution in [3.8, 4) is 5.75 Å². The van der Waals surface area contributed by atoms with Crippen LogP contribution in [-0.4, -0.2) is 41.0 Å². The molecular formula is C21H18ClF2N3O4. The first-order chi connectivity index (χ1) is 14.8. The van der Waals surface area contributed by atoms with Gasteiger partial charge in [-0.1, -0.05) is 29.8 Å². The minimum Gasteiger partial charge on any atom is -0.491 e. The molecule has 1 N–H and O–H groups in total. The lowest BCUT2D eigenvalue weighted by molar-refractivity contribution is 0.0602. The van der Waals surface area contributed by atoms with Gasteiger partial charge in [-0.05, 0) is 12.5 Å². The normalized spacial score (nSPS) is 17.2. The molecule has 4 rings (SSSR count). The van der Waals surface area contributed by atoms with Crippen LogP contribution in [0.2, 0.25) is 5.02 Å². The lowest BCUT2D eigenvalue weighted by Gasteiger charge is -2.39. The summed E-state index contributed by atoms with van der Waals surface area (Å²) in [5.74, 6) is -3.25. The fraction of sp³-hybridized carbons (Fsp3) is 0.286. The summed E-state index contributed by atoms with van der Waals surface area (Å²) < 4.78 is 34.1. The number of ether oxygens (including phenoxy) is 1. The largest absolute Gasteiger partial charge is 0.491 e. The molecule has 0 saturated carbocycles. The van der Waals surface area contributed by atoms with Crippen molar-refractivity contribution in [2.45, 2.75) is 25.6 Å². The average molecular weight is 450 g/mol. The van der Waals surface area contributed by atoms with Gasteiger partial charge in [0.05, 0.1) is 13.2 Å². The van der Waals surface area contributed by atoms with E-state index in [1.165, 1.54) is 13.3 Å². The molecule has 0 fully saturated rings. The van der Waals surface area contributed by atoms with Crippen LogP contribution in [0.25, 0.3) is 0 Å². The third-order valence-corrected chi connectivity index (χ3v) is 5.78. The zero-order valence-electron chi connectivity index (χ0n) is 16.5. The Morgan fingerprint density at radius 1 is 1.29 bits per heavy atom. The molecular weight excluding hydrogens is 432 g/mol. The summed E-state index contributed by atoms with van der Waals surface area (Å²) in [6.07, 6.45) is 5.84. The second-order valence-corrected chi connectivity index (χ2v) is 7.62. The van der Waals surface area contributed by atoms with Crippen molar-refractivity contribution in [2.75, 3.05) is 13.7 Å². The number of aromatic nitrogens is 1. The maximum atomic E-state index is 14.1. The molecule has 2 aliphatic rings. The second-order valence-electron chi connectivity index (χ2n) is 7.24. The van der Waals surface area contributed by atoms with Crippen LogP contribution in [0.1, 0.15) is 32.8 Å². The van der Waals surface area contributed by atoms with E-state index in [4.69, 9.17) is 16.3 Å². The predicted octanol–water partition coefficient (Wildman–Crippen LogP) is 2.50. The van der Waals surface area contributed by atoms with Gasteiger partial charge >= 0.3 is 0 Å². The lowest BCUT2D eigenvalue weighted by atomic mass is 10.0. The van der Waals surface area contributed by atoms with E-state index in [2.05, 4.69) is 5.32 Å². The summed E-state index contributed by atoms with van der Waals surface area (Å²) in [6.45, 7) is 0.522. The highest BCUT2D eigenvalue weighted by Crippen LogP contribution is 2.27. The van der Waals surface area contributed by atoms with Crippen LogP contribution in [0.15, 0.2) is 35.3 Å². The molecule has 0 spiro atoms. The molecule has 0 saturated heterocycles. The minimum absolute atomic E-state index is 0.0374. The standard InChI is InChI=1S/C21H18ClF2N3O4/c1-31-19-17-21(30)27-7-3-2-4-12(27)9-26(17)10-13(18(19)28)20(29)25-8-11-5-6-14(23)15(22)16(11)24/h2-3,5-6,10,12H,4,7-9H2,1H3,(H,25,29). The van der Waals surface area contributed by atoms with Crippen LogP contribution in [-0.2, 0) is 13.1 Å². The monoisotopic (exact) mass is 449 g/mol. The molecule has 31 heavy (non-hydrogen) atoms. The number of nitrogens with zero attached hydrogens (tertiary/aromatic N) is 2. The Kier molecular flexibility index (Phi) is 5.53. The minimum atomic E-state index is -0.988. The van der Waals surface area contributed by atoms with Gasteiger partial charge < -0.3 is 19.5 Å². The van der Waals surface area contributed by atoms with Crippen molar-refractivity contribution in [1.82, 2.24) is 14.8 Å². The molecule has 1 aromatic heterocycles. The maximum Gasteiger partial charge on any atom is 0.275 e. The molecule has 2 amide bonds. The van der Waals surface area contributed by atoms with Crippen LogP contribution < -0.4 is 15.5 Å². The van der Waals surface area contributed by atoms with E-state index < -0.39 is 28.0 Å². The molecule has 3 heterocycles. The molecule has 1 unspecified atom stereocenters. The van der Waals surface area contributed by atoms with Gasteiger partial charge in [0, 0.05) is 31.4 Å². The predicted molar refractivity (Wildman–Crippen MR) is 108 cm³/mol. The van der Waals surface area contributed by atoms with E-state index in [9.17, 15) is 23.2 Å². The Morgan fingerprint density at radius 3 is 2.81 bits per heavy atom. The number of carbonyl (C=O) groups excluding carboxylic acids is 2. The summed E-state index contributed by atoms with van der Waals surface area (Å²) >= 11 is 5.56. The third kappa shape index (κ3) is 3.59. The summed E-state index contributed by atoms with van der Waals surface area (Å²) in [4.78, 5) is 40.2. The van der Waals surface area contributed by atoms with Crippen LogP contribution in [0.5, 0.6) is 5.75 Å². The van der Waals surface area contributed by atoms with Crippen molar-refractivity contribution >= 4 is 23.4 Å². The number of hydrogen-bond acceptors (Lipinski definition) is 4. The molecule has 2 aliphatic heterocycles. The molecule has 1 atom stereocenters. The molecule has 10 heteroatoms. The molecule has 7 nitrogen and oxygen atoms in total. The Balaban J connectivity index is 1.65. The second kappa shape index (κ2) is 8.14. The number of hydrogen-bond donors (Lipinski definition) is 1. The van der Waals surface area contributed by atoms with Crippen molar-refractivity contribution < 1.29 is 23.1 Å². The fourth-order valence-corrected chi connectivity index (χ4v) is 4.01. The molecule has 0 bridgehead atoms. The summed E-state index contributed by atoms with van der Waals surface area (Å²) in [5.41, 5.74) is -0.943. The number of benzene rings is 1. The van der Waals surface area contributed by atoms with Gasteiger partial charge in [-0.2, -0.15) is 0 Å². The summed E-state index contributed by atoms with van der Waals surface area (Å²) in [5, 5.41) is 1.76. The smallest absolute Gasteiger partial charge is 0.275 e. The van der Waals surface area contributed by atoms with Gasteiger partial charge in [-0.15, -0.1) is 0 Å². The van der Waals surface area contributed by atoms with Gasteiger partial charge in [0.1, 0.15) is 22.2 Å². The van der Waals surface area contributed by atoms with Gasteiger partial charge in [-0.25, -0.2) is 8.78 Å². The Morgan fingerprint density at radius 2 is 2.06 bits per heavy atom. The van der Waals surface area contributed by atoms with Crippen molar-refractivity contribution in [3.05, 3.63) is 74.2 Å². The van der Waals surface area contributed by atoms with Crippen molar-refractivity contribution in [1.29, 1.82) is 0 Å². The SMILES string of the molecule is COc1c2n(cc(C(=O)NCc3ccc(F)c(Cl)c3F)c1=O)CC1CC=CCN1C2=O. The van der Waals surface area contributed by atoms with E-state index in [1.807, 2.05) is 12.2 Å². The first-order valence-corrected chi connectivity index (χ1v) is 9.89. The number of halogens is 3. The third-order valence-electron chi connectivity index (χ3n) is 5.43. The highest BCUT2D eigenvalue weighted by atomic mass is 35.5. The van der Waals surface area contributed by atoms with Crippen molar-refractivity contribution in [3.63, 3.8) is 0 Å². The fourth-order valence-electron chi connectivity index (χ4n) is 3.83. The zero-order chi connectivity index (χ0) is 22.3.